The summed E-state index contributed by atoms with van der Waals surface area (Å²) in [5.74, 6) is 0.571. The minimum atomic E-state index is -0.480. The number of carbonyl (C=O) groups excluding carboxylic acids is 3. The molecule has 0 spiro atoms. The molecule has 0 heterocycles. The van der Waals surface area contributed by atoms with Gasteiger partial charge < -0.3 is 14.4 Å². The van der Waals surface area contributed by atoms with E-state index in [1.54, 1.807) is 0 Å². The Kier molecular flexibility index (Phi) is 30.2. The number of hydrogen-bond donors (Lipinski definition) is 0. The number of ether oxygens (including phenoxy) is 2. The van der Waals surface area contributed by atoms with Crippen LogP contribution in [0.5, 0.6) is 0 Å². The number of esters is 2. The molecule has 0 aliphatic carbocycles. The van der Waals surface area contributed by atoms with E-state index in [0.29, 0.717) is 37.8 Å². The highest BCUT2D eigenvalue weighted by Gasteiger charge is 2.30. The third-order valence-corrected chi connectivity index (χ3v) is 10.5. The number of carbonyl (C=O) groups is 3. The SMILES string of the molecule is CCCCCCCCCCOC(=O)C(C)(C)CCCCC(CCCCC(C)(C)C(=O)OCCCCCCCCCC)CC(=O)CCCN(C)C. The van der Waals surface area contributed by atoms with E-state index >= 15 is 0 Å². The first-order valence-corrected chi connectivity index (χ1v) is 21.4. The first-order valence-electron chi connectivity index (χ1n) is 21.4. The molecule has 0 atom stereocenters. The monoisotopic (exact) mass is 708 g/mol. The smallest absolute Gasteiger partial charge is 0.311 e. The van der Waals surface area contributed by atoms with Crippen molar-refractivity contribution in [3.8, 4) is 0 Å². The van der Waals surface area contributed by atoms with E-state index < -0.39 is 10.8 Å². The Bertz CT molecular complexity index is 782. The highest BCUT2D eigenvalue weighted by molar-refractivity contribution is 5.78. The van der Waals surface area contributed by atoms with Gasteiger partial charge in [0.1, 0.15) is 5.78 Å². The normalized spacial score (nSPS) is 12.2. The average molecular weight is 708 g/mol. The summed E-state index contributed by atoms with van der Waals surface area (Å²) in [7, 11) is 4.10. The maximum atomic E-state index is 12.9. The van der Waals surface area contributed by atoms with Crippen LogP contribution in [0.25, 0.3) is 0 Å². The van der Waals surface area contributed by atoms with Gasteiger partial charge in [0.05, 0.1) is 24.0 Å². The fraction of sp³-hybridized carbons (Fsp3) is 0.932. The van der Waals surface area contributed by atoms with Gasteiger partial charge in [0.2, 0.25) is 0 Å². The van der Waals surface area contributed by atoms with Gasteiger partial charge in [-0.25, -0.2) is 0 Å². The Morgan fingerprint density at radius 1 is 0.520 bits per heavy atom. The zero-order valence-electron chi connectivity index (χ0n) is 34.8. The molecule has 0 aliphatic heterocycles. The number of rotatable bonds is 36. The van der Waals surface area contributed by atoms with Gasteiger partial charge in [-0.1, -0.05) is 142 Å². The lowest BCUT2D eigenvalue weighted by molar-refractivity contribution is -0.155. The van der Waals surface area contributed by atoms with Crippen LogP contribution < -0.4 is 0 Å². The molecule has 0 unspecified atom stereocenters. The number of nitrogens with zero attached hydrogens (tertiary/aromatic N) is 1. The van der Waals surface area contributed by atoms with Gasteiger partial charge in [0.15, 0.2) is 0 Å². The highest BCUT2D eigenvalue weighted by Crippen LogP contribution is 2.30. The van der Waals surface area contributed by atoms with E-state index in [1.165, 1.54) is 77.0 Å². The first-order chi connectivity index (χ1) is 23.9. The summed E-state index contributed by atoms with van der Waals surface area (Å²) in [5, 5.41) is 0. The molecule has 6 heteroatoms. The molecular weight excluding hydrogens is 622 g/mol. The van der Waals surface area contributed by atoms with Crippen LogP contribution in [0.4, 0.5) is 0 Å². The van der Waals surface area contributed by atoms with Crippen LogP contribution in [0, 0.1) is 16.7 Å². The van der Waals surface area contributed by atoms with E-state index in [4.69, 9.17) is 9.47 Å². The summed E-state index contributed by atoms with van der Waals surface area (Å²) in [5.41, 5.74) is -0.960. The fourth-order valence-electron chi connectivity index (χ4n) is 6.76. The van der Waals surface area contributed by atoms with Gasteiger partial charge in [-0.3, -0.25) is 14.4 Å². The van der Waals surface area contributed by atoms with Crippen molar-refractivity contribution >= 4 is 17.7 Å². The van der Waals surface area contributed by atoms with Gasteiger partial charge >= 0.3 is 11.9 Å². The predicted octanol–water partition coefficient (Wildman–Crippen LogP) is 12.4. The molecule has 6 nitrogen and oxygen atoms in total. The van der Waals surface area contributed by atoms with Crippen molar-refractivity contribution in [3.63, 3.8) is 0 Å². The molecule has 0 saturated carbocycles. The van der Waals surface area contributed by atoms with Crippen LogP contribution in [0.3, 0.4) is 0 Å². The third kappa shape index (κ3) is 28.2. The topological polar surface area (TPSA) is 72.9 Å². The summed E-state index contributed by atoms with van der Waals surface area (Å²) in [6, 6.07) is 0. The van der Waals surface area contributed by atoms with Crippen LogP contribution in [0.15, 0.2) is 0 Å². The second-order valence-electron chi connectivity index (χ2n) is 17.0. The molecule has 0 saturated heterocycles. The summed E-state index contributed by atoms with van der Waals surface area (Å²) in [6.45, 7) is 14.5. The highest BCUT2D eigenvalue weighted by atomic mass is 16.5. The molecule has 0 fully saturated rings. The summed E-state index contributed by atoms with van der Waals surface area (Å²) in [6.07, 6.45) is 29.5. The molecule has 0 amide bonds. The van der Waals surface area contributed by atoms with Crippen molar-refractivity contribution in [2.75, 3.05) is 33.9 Å². The second-order valence-corrected chi connectivity index (χ2v) is 17.0. The molecule has 0 aromatic carbocycles. The van der Waals surface area contributed by atoms with E-state index in [-0.39, 0.29) is 11.9 Å². The average Bonchev–Trinajstić information content (AvgIpc) is 3.06. The summed E-state index contributed by atoms with van der Waals surface area (Å²) in [4.78, 5) is 40.7. The quantitative estimate of drug-likeness (QED) is 0.0477. The Morgan fingerprint density at radius 2 is 0.900 bits per heavy atom. The van der Waals surface area contributed by atoms with Gasteiger partial charge in [-0.05, 0) is 86.4 Å². The van der Waals surface area contributed by atoms with Crippen LogP contribution in [-0.2, 0) is 23.9 Å². The number of ketones is 1. The Hall–Kier alpha value is -1.43. The lowest BCUT2D eigenvalue weighted by atomic mass is 9.83. The summed E-state index contributed by atoms with van der Waals surface area (Å²) >= 11 is 0. The molecule has 0 N–H and O–H groups in total. The fourth-order valence-corrected chi connectivity index (χ4v) is 6.76. The van der Waals surface area contributed by atoms with E-state index in [2.05, 4.69) is 32.8 Å². The Morgan fingerprint density at radius 3 is 1.28 bits per heavy atom. The van der Waals surface area contributed by atoms with Gasteiger partial charge in [0, 0.05) is 12.8 Å². The van der Waals surface area contributed by atoms with Crippen molar-refractivity contribution in [2.45, 2.75) is 215 Å². The van der Waals surface area contributed by atoms with Crippen LogP contribution in [-0.4, -0.2) is 56.5 Å². The van der Waals surface area contributed by atoms with Gasteiger partial charge in [0.25, 0.3) is 0 Å². The minimum Gasteiger partial charge on any atom is -0.465 e. The molecule has 296 valence electrons. The predicted molar refractivity (Wildman–Crippen MR) is 213 cm³/mol. The van der Waals surface area contributed by atoms with Crippen molar-refractivity contribution in [2.24, 2.45) is 16.7 Å². The molecule has 0 radical (unpaired) electrons. The lowest BCUT2D eigenvalue weighted by Crippen LogP contribution is -2.27. The van der Waals surface area contributed by atoms with Crippen molar-refractivity contribution in [1.29, 1.82) is 0 Å². The van der Waals surface area contributed by atoms with Crippen molar-refractivity contribution in [1.82, 2.24) is 4.90 Å². The first kappa shape index (κ1) is 48.6. The van der Waals surface area contributed by atoms with Gasteiger partial charge in [-0.15, -0.1) is 0 Å². The van der Waals surface area contributed by atoms with Crippen molar-refractivity contribution in [3.05, 3.63) is 0 Å². The third-order valence-electron chi connectivity index (χ3n) is 10.5. The molecule has 0 bridgehead atoms. The molecule has 0 aliphatic rings. The minimum absolute atomic E-state index is 0.0768. The maximum Gasteiger partial charge on any atom is 0.311 e. The Labute approximate surface area is 311 Å². The molecule has 0 aromatic heterocycles. The molecule has 50 heavy (non-hydrogen) atoms. The van der Waals surface area contributed by atoms with Crippen molar-refractivity contribution < 1.29 is 23.9 Å². The molecule has 0 rings (SSSR count). The second kappa shape index (κ2) is 31.1. The summed E-state index contributed by atoms with van der Waals surface area (Å²) < 4.78 is 11.4. The van der Waals surface area contributed by atoms with Crippen LogP contribution in [0.2, 0.25) is 0 Å². The Balaban J connectivity index is 4.58. The zero-order chi connectivity index (χ0) is 37.5. The standard InChI is InChI=1S/C44H85NO5/c1-9-11-13-15-17-19-21-27-36-49-41(47)43(3,4)33-25-23-30-39(38-40(46)32-29-35-45(7)8)31-24-26-34-44(5,6)42(48)50-37-28-22-20-18-16-14-12-10-2/h39H,9-38H2,1-8H3. The van der Waals surface area contributed by atoms with E-state index in [1.807, 2.05) is 27.7 Å². The molecular formula is C44H85NO5. The van der Waals surface area contributed by atoms with Gasteiger partial charge in [-0.2, -0.15) is 0 Å². The molecule has 0 aromatic rings. The van der Waals surface area contributed by atoms with Crippen LogP contribution >= 0.6 is 0 Å². The van der Waals surface area contributed by atoms with E-state index in [0.717, 1.165) is 90.0 Å². The lowest BCUT2D eigenvalue weighted by Gasteiger charge is -2.24. The number of hydrogen-bond acceptors (Lipinski definition) is 6. The zero-order valence-corrected chi connectivity index (χ0v) is 34.8. The maximum absolute atomic E-state index is 12.9. The largest absolute Gasteiger partial charge is 0.465 e. The number of Topliss-reactive ketones (excluding diaryl/α,β-unsaturated/α-hetero) is 1. The van der Waals surface area contributed by atoms with Crippen LogP contribution in [0.1, 0.15) is 215 Å². The number of unbranched alkanes of at least 4 members (excludes halogenated alkanes) is 16. The van der Waals surface area contributed by atoms with E-state index in [9.17, 15) is 14.4 Å².